The van der Waals surface area contributed by atoms with E-state index in [-0.39, 0.29) is 22.8 Å². The fourth-order valence-electron chi connectivity index (χ4n) is 1.39. The number of nitrogens with two attached hydrogens (primary N) is 1. The van der Waals surface area contributed by atoms with Gasteiger partial charge in [-0.2, -0.15) is 0 Å². The molecule has 0 spiro atoms. The van der Waals surface area contributed by atoms with Crippen molar-refractivity contribution >= 4 is 22.4 Å². The molecule has 8 heteroatoms. The predicted molar refractivity (Wildman–Crippen MR) is 79.8 cm³/mol. The minimum absolute atomic E-state index is 0.107. The van der Waals surface area contributed by atoms with E-state index in [0.717, 1.165) is 0 Å². The highest BCUT2D eigenvalue weighted by molar-refractivity contribution is 7.84. The van der Waals surface area contributed by atoms with Gasteiger partial charge in [0.15, 0.2) is 5.69 Å². The van der Waals surface area contributed by atoms with Crippen LogP contribution in [0.1, 0.15) is 43.0 Å². The number of carbonyl (C=O) groups is 1. The van der Waals surface area contributed by atoms with Crippen molar-refractivity contribution in [2.24, 2.45) is 5.84 Å². The molecular weight excluding hydrogens is 278 g/mol. The van der Waals surface area contributed by atoms with E-state index in [4.69, 9.17) is 5.84 Å². The lowest BCUT2D eigenvalue weighted by molar-refractivity contribution is 0.0949. The first-order valence-electron chi connectivity index (χ1n) is 6.30. The van der Waals surface area contributed by atoms with Crippen molar-refractivity contribution in [1.29, 1.82) is 0 Å². The highest BCUT2D eigenvalue weighted by Gasteiger charge is 2.17. The monoisotopic (exact) mass is 299 g/mol. The predicted octanol–water partition coefficient (Wildman–Crippen LogP) is 0.382. The van der Waals surface area contributed by atoms with Gasteiger partial charge in [-0.25, -0.2) is 9.97 Å². The molecule has 0 aromatic carbocycles. The van der Waals surface area contributed by atoms with Gasteiger partial charge in [0.2, 0.25) is 0 Å². The van der Waals surface area contributed by atoms with Crippen LogP contribution in [0.4, 0.5) is 5.69 Å². The normalized spacial score (nSPS) is 13.9. The molecule has 2 atom stereocenters. The van der Waals surface area contributed by atoms with Gasteiger partial charge in [-0.1, -0.05) is 13.8 Å². The summed E-state index contributed by atoms with van der Waals surface area (Å²) >= 11 is 0. The van der Waals surface area contributed by atoms with E-state index in [2.05, 4.69) is 20.7 Å². The zero-order valence-electron chi connectivity index (χ0n) is 12.1. The molecule has 112 valence electrons. The third-order valence-corrected chi connectivity index (χ3v) is 4.11. The Bertz CT molecular complexity index is 507. The van der Waals surface area contributed by atoms with E-state index in [1.165, 1.54) is 6.20 Å². The Morgan fingerprint density at radius 3 is 2.60 bits per heavy atom. The van der Waals surface area contributed by atoms with E-state index in [9.17, 15) is 9.00 Å². The van der Waals surface area contributed by atoms with Gasteiger partial charge in [-0.15, -0.1) is 0 Å². The van der Waals surface area contributed by atoms with E-state index in [1.807, 2.05) is 13.8 Å². The van der Waals surface area contributed by atoms with Crippen molar-refractivity contribution < 1.29 is 9.00 Å². The smallest absolute Gasteiger partial charge is 0.272 e. The van der Waals surface area contributed by atoms with Crippen LogP contribution in [0.25, 0.3) is 0 Å². The first-order valence-corrected chi connectivity index (χ1v) is 7.92. The first-order chi connectivity index (χ1) is 9.36. The Labute approximate surface area is 121 Å². The Morgan fingerprint density at radius 1 is 1.45 bits per heavy atom. The number of nitrogens with zero attached hydrogens (tertiary/aromatic N) is 2. The molecular formula is C12H21N5O2S. The molecule has 0 fully saturated rings. The molecule has 4 N–H and O–H groups in total. The first kappa shape index (κ1) is 16.5. The topological polar surface area (TPSA) is 110 Å². The molecule has 20 heavy (non-hydrogen) atoms. The summed E-state index contributed by atoms with van der Waals surface area (Å²) in [6.45, 7) is 5.99. The number of aromatic nitrogens is 2. The van der Waals surface area contributed by atoms with Gasteiger partial charge >= 0.3 is 0 Å². The van der Waals surface area contributed by atoms with Crippen molar-refractivity contribution in [3.8, 4) is 0 Å². The van der Waals surface area contributed by atoms with Crippen molar-refractivity contribution in [2.45, 2.75) is 31.9 Å². The van der Waals surface area contributed by atoms with Crippen LogP contribution in [0.3, 0.4) is 0 Å². The number of hydrogen-bond acceptors (Lipinski definition) is 6. The summed E-state index contributed by atoms with van der Waals surface area (Å²) in [4.78, 5) is 20.5. The second-order valence-corrected chi connectivity index (χ2v) is 6.61. The van der Waals surface area contributed by atoms with Crippen LogP contribution in [0.5, 0.6) is 0 Å². The van der Waals surface area contributed by atoms with Crippen LogP contribution in [0, 0.1) is 0 Å². The fourth-order valence-corrected chi connectivity index (χ4v) is 1.71. The van der Waals surface area contributed by atoms with Crippen LogP contribution in [-0.2, 0) is 10.8 Å². The second kappa shape index (κ2) is 7.30. The van der Waals surface area contributed by atoms with Crippen LogP contribution < -0.4 is 16.6 Å². The standard InChI is InChI=1S/C12H21N5O2S/c1-7(2)11-14-6-9(17-13)10(16-11)12(18)15-5-8(3)20(4)19/h6-8,17H,5,13H2,1-4H3,(H,15,18). The van der Waals surface area contributed by atoms with Gasteiger partial charge in [0, 0.05) is 34.8 Å². The lowest BCUT2D eigenvalue weighted by atomic mass is 10.2. The summed E-state index contributed by atoms with van der Waals surface area (Å²) in [5, 5.41) is 2.58. The molecule has 0 bridgehead atoms. The Balaban J connectivity index is 2.90. The van der Waals surface area contributed by atoms with Crippen LogP contribution in [-0.4, -0.2) is 38.1 Å². The molecule has 0 saturated heterocycles. The lowest BCUT2D eigenvalue weighted by Crippen LogP contribution is -2.34. The van der Waals surface area contributed by atoms with E-state index in [1.54, 1.807) is 13.2 Å². The second-order valence-electron chi connectivity index (χ2n) is 4.81. The number of hydrogen-bond donors (Lipinski definition) is 3. The van der Waals surface area contributed by atoms with Gasteiger partial charge in [-0.3, -0.25) is 14.8 Å². The number of carbonyl (C=O) groups excluding carboxylic acids is 1. The fraction of sp³-hybridized carbons (Fsp3) is 0.583. The Hall–Kier alpha value is -1.54. The summed E-state index contributed by atoms with van der Waals surface area (Å²) in [5.74, 6) is 5.68. The zero-order chi connectivity index (χ0) is 15.3. The van der Waals surface area contributed by atoms with Crippen LogP contribution in [0.15, 0.2) is 6.20 Å². The summed E-state index contributed by atoms with van der Waals surface area (Å²) < 4.78 is 11.3. The Morgan fingerprint density at radius 2 is 2.10 bits per heavy atom. The molecule has 0 radical (unpaired) electrons. The highest BCUT2D eigenvalue weighted by Crippen LogP contribution is 2.15. The van der Waals surface area contributed by atoms with Crippen molar-refractivity contribution in [2.75, 3.05) is 18.2 Å². The van der Waals surface area contributed by atoms with E-state index < -0.39 is 10.8 Å². The van der Waals surface area contributed by atoms with Gasteiger partial charge < -0.3 is 10.7 Å². The van der Waals surface area contributed by atoms with Crippen LogP contribution >= 0.6 is 0 Å². The number of nitrogen functional groups attached to an aromatic ring is 1. The zero-order valence-corrected chi connectivity index (χ0v) is 13.0. The average Bonchev–Trinajstić information content (AvgIpc) is 2.43. The molecule has 0 aliphatic rings. The number of nitrogens with one attached hydrogen (secondary N) is 2. The molecule has 0 aliphatic carbocycles. The van der Waals surface area contributed by atoms with Crippen molar-refractivity contribution in [3.63, 3.8) is 0 Å². The molecule has 2 unspecified atom stereocenters. The summed E-state index contributed by atoms with van der Waals surface area (Å²) in [7, 11) is -0.990. The molecule has 0 saturated carbocycles. The largest absolute Gasteiger partial charge is 0.349 e. The third-order valence-electron chi connectivity index (χ3n) is 2.81. The average molecular weight is 299 g/mol. The molecule has 1 heterocycles. The van der Waals surface area contributed by atoms with E-state index in [0.29, 0.717) is 18.1 Å². The molecule has 1 rings (SSSR count). The van der Waals surface area contributed by atoms with Crippen LogP contribution in [0.2, 0.25) is 0 Å². The van der Waals surface area contributed by atoms with Crippen molar-refractivity contribution in [3.05, 3.63) is 17.7 Å². The number of hydrazine groups is 1. The number of rotatable bonds is 6. The summed E-state index contributed by atoms with van der Waals surface area (Å²) in [5.41, 5.74) is 2.96. The highest BCUT2D eigenvalue weighted by atomic mass is 32.2. The number of amides is 1. The van der Waals surface area contributed by atoms with Crippen molar-refractivity contribution in [1.82, 2.24) is 15.3 Å². The van der Waals surface area contributed by atoms with Gasteiger partial charge in [0.05, 0.1) is 11.9 Å². The maximum absolute atomic E-state index is 12.1. The molecule has 1 amide bonds. The molecule has 1 aromatic heterocycles. The lowest BCUT2D eigenvalue weighted by Gasteiger charge is -2.13. The molecule has 7 nitrogen and oxygen atoms in total. The minimum Gasteiger partial charge on any atom is -0.349 e. The SMILES string of the molecule is CC(C)c1ncc(NN)c(C(=O)NCC(C)S(C)=O)n1. The summed E-state index contributed by atoms with van der Waals surface area (Å²) in [6, 6.07) is 0. The molecule has 1 aromatic rings. The maximum atomic E-state index is 12.1. The minimum atomic E-state index is -0.990. The van der Waals surface area contributed by atoms with E-state index >= 15 is 0 Å². The molecule has 0 aliphatic heterocycles. The number of anilines is 1. The Kier molecular flexibility index (Phi) is 6.03. The third kappa shape index (κ3) is 4.24. The van der Waals surface area contributed by atoms with Gasteiger partial charge in [0.25, 0.3) is 5.91 Å². The summed E-state index contributed by atoms with van der Waals surface area (Å²) in [6.07, 6.45) is 3.09. The van der Waals surface area contributed by atoms with Gasteiger partial charge in [-0.05, 0) is 6.92 Å². The van der Waals surface area contributed by atoms with Gasteiger partial charge in [0.1, 0.15) is 5.82 Å². The maximum Gasteiger partial charge on any atom is 0.272 e. The quantitative estimate of drug-likeness (QED) is 0.517.